The molecule has 1 aromatic heterocycles. The van der Waals surface area contributed by atoms with Crippen LogP contribution in [-0.4, -0.2) is 12.1 Å². The lowest BCUT2D eigenvalue weighted by Gasteiger charge is -2.14. The van der Waals surface area contributed by atoms with Crippen LogP contribution in [0.2, 0.25) is 0 Å². The number of hydrogen-bond donors (Lipinski definition) is 1. The Bertz CT molecular complexity index is 592. The first kappa shape index (κ1) is 13.1. The van der Waals surface area contributed by atoms with Crippen molar-refractivity contribution in [2.45, 2.75) is 32.4 Å². The SMILES string of the molecule is COc1ccc(CNC2CCc3ccc(C)cc32)cn1. The number of hydrogen-bond acceptors (Lipinski definition) is 3. The monoisotopic (exact) mass is 268 g/mol. The Morgan fingerprint density at radius 2 is 2.20 bits per heavy atom. The fraction of sp³-hybridized carbons (Fsp3) is 0.353. The number of nitrogens with zero attached hydrogens (tertiary/aromatic N) is 1. The maximum Gasteiger partial charge on any atom is 0.212 e. The molecule has 0 spiro atoms. The fourth-order valence-corrected chi connectivity index (χ4v) is 2.81. The predicted octanol–water partition coefficient (Wildman–Crippen LogP) is 3.18. The Balaban J connectivity index is 1.66. The number of methoxy groups -OCH3 is 1. The third-order valence-corrected chi connectivity index (χ3v) is 3.94. The second-order valence-electron chi connectivity index (χ2n) is 5.38. The topological polar surface area (TPSA) is 34.1 Å². The Kier molecular flexibility index (Phi) is 3.70. The average molecular weight is 268 g/mol. The molecule has 0 saturated heterocycles. The normalized spacial score (nSPS) is 17.0. The number of ether oxygens (including phenoxy) is 1. The first-order chi connectivity index (χ1) is 9.76. The van der Waals surface area contributed by atoms with Gasteiger partial charge in [0, 0.05) is 24.8 Å². The van der Waals surface area contributed by atoms with Gasteiger partial charge in [-0.15, -0.1) is 0 Å². The summed E-state index contributed by atoms with van der Waals surface area (Å²) in [7, 11) is 1.64. The van der Waals surface area contributed by atoms with E-state index in [0.29, 0.717) is 11.9 Å². The molecular formula is C17H20N2O. The van der Waals surface area contributed by atoms with E-state index in [1.165, 1.54) is 35.1 Å². The second-order valence-corrected chi connectivity index (χ2v) is 5.38. The van der Waals surface area contributed by atoms with Crippen LogP contribution in [-0.2, 0) is 13.0 Å². The van der Waals surface area contributed by atoms with Crippen molar-refractivity contribution in [2.24, 2.45) is 0 Å². The molecule has 1 aliphatic carbocycles. The van der Waals surface area contributed by atoms with Crippen molar-refractivity contribution in [1.29, 1.82) is 0 Å². The van der Waals surface area contributed by atoms with E-state index in [4.69, 9.17) is 4.74 Å². The summed E-state index contributed by atoms with van der Waals surface area (Å²) in [6.45, 7) is 3.00. The van der Waals surface area contributed by atoms with Gasteiger partial charge in [0.2, 0.25) is 5.88 Å². The summed E-state index contributed by atoms with van der Waals surface area (Å²) in [6.07, 6.45) is 4.23. The minimum absolute atomic E-state index is 0.465. The molecule has 3 heteroatoms. The van der Waals surface area contributed by atoms with Gasteiger partial charge < -0.3 is 10.1 Å². The van der Waals surface area contributed by atoms with Gasteiger partial charge in [0.05, 0.1) is 7.11 Å². The molecule has 0 amide bonds. The molecule has 1 aromatic carbocycles. The Morgan fingerprint density at radius 3 is 2.95 bits per heavy atom. The van der Waals surface area contributed by atoms with Gasteiger partial charge in [-0.1, -0.05) is 29.8 Å². The highest BCUT2D eigenvalue weighted by molar-refractivity contribution is 5.37. The third kappa shape index (κ3) is 2.68. The van der Waals surface area contributed by atoms with E-state index in [1.807, 2.05) is 12.3 Å². The van der Waals surface area contributed by atoms with Crippen LogP contribution >= 0.6 is 0 Å². The zero-order chi connectivity index (χ0) is 13.9. The third-order valence-electron chi connectivity index (χ3n) is 3.94. The summed E-state index contributed by atoms with van der Waals surface area (Å²) in [5.41, 5.74) is 5.47. The maximum atomic E-state index is 5.08. The molecule has 1 atom stereocenters. The molecule has 0 saturated carbocycles. The van der Waals surface area contributed by atoms with Gasteiger partial charge >= 0.3 is 0 Å². The molecule has 104 valence electrons. The van der Waals surface area contributed by atoms with Crippen LogP contribution in [0.15, 0.2) is 36.5 Å². The first-order valence-corrected chi connectivity index (χ1v) is 7.08. The van der Waals surface area contributed by atoms with E-state index in [0.717, 1.165) is 6.54 Å². The lowest BCUT2D eigenvalue weighted by molar-refractivity contribution is 0.397. The minimum Gasteiger partial charge on any atom is -0.481 e. The van der Waals surface area contributed by atoms with Crippen LogP contribution in [0.1, 0.15) is 34.7 Å². The van der Waals surface area contributed by atoms with Crippen LogP contribution in [0.3, 0.4) is 0 Å². The van der Waals surface area contributed by atoms with Gasteiger partial charge in [-0.2, -0.15) is 0 Å². The van der Waals surface area contributed by atoms with E-state index in [2.05, 4.69) is 41.5 Å². The molecular weight excluding hydrogens is 248 g/mol. The molecule has 1 heterocycles. The average Bonchev–Trinajstić information content (AvgIpc) is 2.88. The van der Waals surface area contributed by atoms with Crippen molar-refractivity contribution in [2.75, 3.05) is 7.11 Å². The molecule has 0 radical (unpaired) electrons. The van der Waals surface area contributed by atoms with E-state index in [1.54, 1.807) is 7.11 Å². The number of aromatic nitrogens is 1. The van der Waals surface area contributed by atoms with Gasteiger partial charge in [0.15, 0.2) is 0 Å². The molecule has 1 unspecified atom stereocenters. The highest BCUT2D eigenvalue weighted by Gasteiger charge is 2.21. The van der Waals surface area contributed by atoms with E-state index >= 15 is 0 Å². The number of rotatable bonds is 4. The number of pyridine rings is 1. The zero-order valence-electron chi connectivity index (χ0n) is 12.0. The maximum absolute atomic E-state index is 5.08. The Morgan fingerprint density at radius 1 is 1.30 bits per heavy atom. The van der Waals surface area contributed by atoms with Crippen molar-refractivity contribution < 1.29 is 4.74 Å². The zero-order valence-corrected chi connectivity index (χ0v) is 12.0. The number of nitrogens with one attached hydrogen (secondary N) is 1. The van der Waals surface area contributed by atoms with Gasteiger partial charge in [-0.25, -0.2) is 4.98 Å². The Hall–Kier alpha value is -1.87. The van der Waals surface area contributed by atoms with Crippen molar-refractivity contribution in [1.82, 2.24) is 10.3 Å². The van der Waals surface area contributed by atoms with E-state index < -0.39 is 0 Å². The smallest absolute Gasteiger partial charge is 0.212 e. The van der Waals surface area contributed by atoms with Gasteiger partial charge in [0.25, 0.3) is 0 Å². The summed E-state index contributed by atoms with van der Waals surface area (Å²) in [4.78, 5) is 4.24. The highest BCUT2D eigenvalue weighted by atomic mass is 16.5. The van der Waals surface area contributed by atoms with Gasteiger partial charge in [-0.05, 0) is 36.5 Å². The molecule has 3 rings (SSSR count). The largest absolute Gasteiger partial charge is 0.481 e. The summed E-state index contributed by atoms with van der Waals surface area (Å²) in [5, 5.41) is 3.64. The van der Waals surface area contributed by atoms with Crippen molar-refractivity contribution in [3.05, 3.63) is 58.8 Å². The summed E-state index contributed by atoms with van der Waals surface area (Å²) in [5.74, 6) is 0.663. The van der Waals surface area contributed by atoms with Crippen LogP contribution < -0.4 is 10.1 Å². The van der Waals surface area contributed by atoms with Crippen LogP contribution in [0, 0.1) is 6.92 Å². The van der Waals surface area contributed by atoms with Crippen LogP contribution in [0.4, 0.5) is 0 Å². The summed E-state index contributed by atoms with van der Waals surface area (Å²) >= 11 is 0. The number of aryl methyl sites for hydroxylation is 2. The molecule has 20 heavy (non-hydrogen) atoms. The lowest BCUT2D eigenvalue weighted by Crippen LogP contribution is -2.18. The van der Waals surface area contributed by atoms with Crippen molar-refractivity contribution in [3.8, 4) is 5.88 Å². The molecule has 0 fully saturated rings. The van der Waals surface area contributed by atoms with Crippen molar-refractivity contribution >= 4 is 0 Å². The molecule has 2 aromatic rings. The molecule has 1 aliphatic rings. The minimum atomic E-state index is 0.465. The second kappa shape index (κ2) is 5.63. The standard InChI is InChI=1S/C17H20N2O/c1-12-3-5-14-6-7-16(15(14)9-12)18-10-13-4-8-17(20-2)19-11-13/h3-5,8-9,11,16,18H,6-7,10H2,1-2H3. The number of benzene rings is 1. The molecule has 3 nitrogen and oxygen atoms in total. The van der Waals surface area contributed by atoms with Crippen LogP contribution in [0.5, 0.6) is 5.88 Å². The quantitative estimate of drug-likeness (QED) is 0.924. The number of fused-ring (bicyclic) bond motifs is 1. The first-order valence-electron chi connectivity index (χ1n) is 7.08. The highest BCUT2D eigenvalue weighted by Crippen LogP contribution is 2.31. The van der Waals surface area contributed by atoms with Crippen molar-refractivity contribution in [3.63, 3.8) is 0 Å². The van der Waals surface area contributed by atoms with Crippen LogP contribution in [0.25, 0.3) is 0 Å². The fourth-order valence-electron chi connectivity index (χ4n) is 2.81. The summed E-state index contributed by atoms with van der Waals surface area (Å²) in [6, 6.07) is 11.2. The van der Waals surface area contributed by atoms with Gasteiger partial charge in [-0.3, -0.25) is 0 Å². The molecule has 1 N–H and O–H groups in total. The summed E-state index contributed by atoms with van der Waals surface area (Å²) < 4.78 is 5.08. The Labute approximate surface area is 120 Å². The van der Waals surface area contributed by atoms with Gasteiger partial charge in [0.1, 0.15) is 0 Å². The van der Waals surface area contributed by atoms with E-state index in [-0.39, 0.29) is 0 Å². The predicted molar refractivity (Wildman–Crippen MR) is 79.9 cm³/mol. The van der Waals surface area contributed by atoms with E-state index in [9.17, 15) is 0 Å². The molecule has 0 aliphatic heterocycles. The lowest BCUT2D eigenvalue weighted by atomic mass is 10.0. The molecule has 0 bridgehead atoms.